The molecule has 1 atom stereocenters. The smallest absolute Gasteiger partial charge is 0.203 e. The van der Waals surface area contributed by atoms with Crippen LogP contribution in [0, 0.1) is 0 Å². The molecular weight excluding hydrogens is 394 g/mol. The number of nitrogens with zero attached hydrogens (tertiary/aromatic N) is 1. The molecule has 7 nitrogen and oxygen atoms in total. The number of halogens is 1. The highest BCUT2D eigenvalue weighted by Gasteiger charge is 2.13. The minimum absolute atomic E-state index is 0.0594. The van der Waals surface area contributed by atoms with Crippen molar-refractivity contribution in [3.8, 4) is 23.0 Å². The molecule has 0 fully saturated rings. The van der Waals surface area contributed by atoms with Crippen molar-refractivity contribution in [3.05, 3.63) is 47.0 Å². The van der Waals surface area contributed by atoms with E-state index >= 15 is 0 Å². The first kappa shape index (κ1) is 22.5. The molecule has 2 aromatic carbocycles. The lowest BCUT2D eigenvalue weighted by molar-refractivity contribution is 0.224. The van der Waals surface area contributed by atoms with E-state index in [4.69, 9.17) is 30.5 Å². The second-order valence-electron chi connectivity index (χ2n) is 6.22. The van der Waals surface area contributed by atoms with Gasteiger partial charge in [-0.15, -0.1) is 0 Å². The zero-order valence-electron chi connectivity index (χ0n) is 17.4. The molecule has 0 aromatic heterocycles. The first-order valence-corrected chi connectivity index (χ1v) is 9.54. The third kappa shape index (κ3) is 6.64. The van der Waals surface area contributed by atoms with Gasteiger partial charge >= 0.3 is 0 Å². The van der Waals surface area contributed by atoms with E-state index in [0.29, 0.717) is 41.3 Å². The Morgan fingerprint density at radius 2 is 1.62 bits per heavy atom. The van der Waals surface area contributed by atoms with Gasteiger partial charge in [0, 0.05) is 18.6 Å². The molecule has 2 N–H and O–H groups in total. The minimum Gasteiger partial charge on any atom is -0.493 e. The number of hydrogen-bond donors (Lipinski definition) is 2. The number of ether oxygens (including phenoxy) is 4. The van der Waals surface area contributed by atoms with E-state index in [0.717, 1.165) is 11.3 Å². The van der Waals surface area contributed by atoms with Gasteiger partial charge in [0.1, 0.15) is 11.9 Å². The Morgan fingerprint density at radius 3 is 2.14 bits per heavy atom. The third-order valence-corrected chi connectivity index (χ3v) is 4.37. The van der Waals surface area contributed by atoms with Crippen molar-refractivity contribution >= 4 is 17.6 Å². The van der Waals surface area contributed by atoms with Gasteiger partial charge in [-0.3, -0.25) is 4.99 Å². The molecule has 8 heteroatoms. The predicted octanol–water partition coefficient (Wildman–Crippen LogP) is 3.50. The number of methoxy groups -OCH3 is 3. The van der Waals surface area contributed by atoms with E-state index in [1.165, 1.54) is 0 Å². The summed E-state index contributed by atoms with van der Waals surface area (Å²) in [6, 6.07) is 11.1. The van der Waals surface area contributed by atoms with Crippen molar-refractivity contribution in [2.75, 3.05) is 34.9 Å². The Morgan fingerprint density at radius 1 is 1.00 bits per heavy atom. The lowest BCUT2D eigenvalue weighted by atomic mass is 10.2. The maximum absolute atomic E-state index is 5.90. The Kier molecular flexibility index (Phi) is 8.73. The summed E-state index contributed by atoms with van der Waals surface area (Å²) in [4.78, 5) is 4.25. The molecular formula is C21H28ClN3O4. The van der Waals surface area contributed by atoms with Crippen LogP contribution >= 0.6 is 11.6 Å². The maximum Gasteiger partial charge on any atom is 0.203 e. The molecule has 0 radical (unpaired) electrons. The number of aliphatic imine (C=N–C) groups is 1. The lowest BCUT2D eigenvalue weighted by Crippen LogP contribution is -2.41. The normalized spacial score (nSPS) is 12.1. The van der Waals surface area contributed by atoms with E-state index in [1.54, 1.807) is 40.5 Å². The Balaban J connectivity index is 1.91. The molecule has 158 valence electrons. The topological polar surface area (TPSA) is 73.3 Å². The summed E-state index contributed by atoms with van der Waals surface area (Å²) >= 11 is 5.90. The van der Waals surface area contributed by atoms with Gasteiger partial charge in [0.15, 0.2) is 17.5 Å². The second-order valence-corrected chi connectivity index (χ2v) is 6.66. The van der Waals surface area contributed by atoms with Crippen LogP contribution in [0.15, 0.2) is 41.4 Å². The highest BCUT2D eigenvalue weighted by Crippen LogP contribution is 2.38. The van der Waals surface area contributed by atoms with E-state index in [9.17, 15) is 0 Å². The fraction of sp³-hybridized carbons (Fsp3) is 0.381. The third-order valence-electron chi connectivity index (χ3n) is 4.12. The fourth-order valence-electron chi connectivity index (χ4n) is 2.67. The molecule has 0 aliphatic heterocycles. The van der Waals surface area contributed by atoms with E-state index < -0.39 is 0 Å². The van der Waals surface area contributed by atoms with Gasteiger partial charge < -0.3 is 29.6 Å². The van der Waals surface area contributed by atoms with Crippen molar-refractivity contribution in [1.82, 2.24) is 10.6 Å². The average Bonchev–Trinajstić information content (AvgIpc) is 2.74. The van der Waals surface area contributed by atoms with Gasteiger partial charge in [-0.05, 0) is 48.9 Å². The number of nitrogens with one attached hydrogen (secondary N) is 2. The van der Waals surface area contributed by atoms with Crippen molar-refractivity contribution < 1.29 is 18.9 Å². The predicted molar refractivity (Wildman–Crippen MR) is 116 cm³/mol. The number of benzene rings is 2. The van der Waals surface area contributed by atoms with Gasteiger partial charge in [-0.1, -0.05) is 11.6 Å². The zero-order chi connectivity index (χ0) is 21.2. The molecule has 2 aromatic rings. The molecule has 0 aliphatic rings. The van der Waals surface area contributed by atoms with Crippen LogP contribution in [0.25, 0.3) is 0 Å². The van der Waals surface area contributed by atoms with Crippen LogP contribution in [-0.2, 0) is 6.54 Å². The standard InChI is InChI=1S/C21H28ClN3O4/c1-14(29-17-8-6-16(22)7-9-17)12-24-21(23-2)25-13-15-10-18(26-3)20(28-5)19(11-15)27-4/h6-11,14H,12-13H2,1-5H3,(H2,23,24,25). The minimum atomic E-state index is -0.0594. The molecule has 0 bridgehead atoms. The number of guanidine groups is 1. The quantitative estimate of drug-likeness (QED) is 0.477. The summed E-state index contributed by atoms with van der Waals surface area (Å²) in [5, 5.41) is 7.20. The number of rotatable bonds is 9. The SMILES string of the molecule is CN=C(NCc1cc(OC)c(OC)c(OC)c1)NCC(C)Oc1ccc(Cl)cc1. The van der Waals surface area contributed by atoms with Crippen molar-refractivity contribution in [2.24, 2.45) is 4.99 Å². The summed E-state index contributed by atoms with van der Waals surface area (Å²) in [6.45, 7) is 3.09. The van der Waals surface area contributed by atoms with Crippen molar-refractivity contribution in [1.29, 1.82) is 0 Å². The molecule has 0 saturated carbocycles. The van der Waals surface area contributed by atoms with Gasteiger partial charge in [0.05, 0.1) is 27.9 Å². The van der Waals surface area contributed by atoms with Crippen LogP contribution in [0.1, 0.15) is 12.5 Å². The fourth-order valence-corrected chi connectivity index (χ4v) is 2.80. The van der Waals surface area contributed by atoms with Crippen molar-refractivity contribution in [2.45, 2.75) is 19.6 Å². The maximum atomic E-state index is 5.90. The highest BCUT2D eigenvalue weighted by molar-refractivity contribution is 6.30. The van der Waals surface area contributed by atoms with Crippen LogP contribution in [0.4, 0.5) is 0 Å². The molecule has 0 amide bonds. The van der Waals surface area contributed by atoms with Crippen LogP contribution in [0.3, 0.4) is 0 Å². The lowest BCUT2D eigenvalue weighted by Gasteiger charge is -2.18. The first-order chi connectivity index (χ1) is 14.0. The van der Waals surface area contributed by atoms with Crippen LogP contribution in [0.2, 0.25) is 5.02 Å². The van der Waals surface area contributed by atoms with Gasteiger partial charge in [-0.25, -0.2) is 0 Å². The van der Waals surface area contributed by atoms with E-state index in [-0.39, 0.29) is 6.10 Å². The summed E-state index contributed by atoms with van der Waals surface area (Å²) in [6.07, 6.45) is -0.0594. The molecule has 0 spiro atoms. The zero-order valence-corrected chi connectivity index (χ0v) is 18.2. The van der Waals surface area contributed by atoms with Crippen LogP contribution < -0.4 is 29.6 Å². The monoisotopic (exact) mass is 421 g/mol. The van der Waals surface area contributed by atoms with Crippen molar-refractivity contribution in [3.63, 3.8) is 0 Å². The van der Waals surface area contributed by atoms with E-state index in [2.05, 4.69) is 15.6 Å². The average molecular weight is 422 g/mol. The summed E-state index contributed by atoms with van der Waals surface area (Å²) in [7, 11) is 6.49. The van der Waals surface area contributed by atoms with Gasteiger partial charge in [0.25, 0.3) is 0 Å². The Labute approximate surface area is 177 Å². The highest BCUT2D eigenvalue weighted by atomic mass is 35.5. The summed E-state index contributed by atoms with van der Waals surface area (Å²) in [5.41, 5.74) is 0.966. The van der Waals surface area contributed by atoms with E-state index in [1.807, 2.05) is 31.2 Å². The summed E-state index contributed by atoms with van der Waals surface area (Å²) in [5.74, 6) is 3.21. The van der Waals surface area contributed by atoms with Crippen LogP contribution in [-0.4, -0.2) is 47.0 Å². The molecule has 1 unspecified atom stereocenters. The molecule has 29 heavy (non-hydrogen) atoms. The van der Waals surface area contributed by atoms with Gasteiger partial charge in [-0.2, -0.15) is 0 Å². The van der Waals surface area contributed by atoms with Crippen LogP contribution in [0.5, 0.6) is 23.0 Å². The largest absolute Gasteiger partial charge is 0.493 e. The first-order valence-electron chi connectivity index (χ1n) is 9.16. The Bertz CT molecular complexity index is 787. The second kappa shape index (κ2) is 11.3. The van der Waals surface area contributed by atoms with Gasteiger partial charge in [0.2, 0.25) is 5.75 Å². The Hall–Kier alpha value is -2.80. The molecule has 0 saturated heterocycles. The molecule has 2 rings (SSSR count). The molecule has 0 heterocycles. The number of hydrogen-bond acceptors (Lipinski definition) is 5. The molecule has 0 aliphatic carbocycles. The summed E-state index contributed by atoms with van der Waals surface area (Å²) < 4.78 is 22.0.